The predicted octanol–water partition coefficient (Wildman–Crippen LogP) is 4.36. The van der Waals surface area contributed by atoms with E-state index in [2.05, 4.69) is 4.98 Å². The molecule has 0 saturated heterocycles. The highest BCUT2D eigenvalue weighted by molar-refractivity contribution is 7.20. The third-order valence-electron chi connectivity index (χ3n) is 6.16. The number of nitrogens with zero attached hydrogens (tertiary/aromatic N) is 5. The van der Waals surface area contributed by atoms with Crippen LogP contribution in [-0.4, -0.2) is 23.9 Å². The van der Waals surface area contributed by atoms with Gasteiger partial charge in [-0.05, 0) is 36.8 Å². The molecule has 0 spiro atoms. The SMILES string of the molecule is Cc1c2c(=O)n(-c3nc4ccccc4s3)n(Cc3ccccc3)c2cc(=O)n1Cc1ccccn1. The van der Waals surface area contributed by atoms with Crippen LogP contribution >= 0.6 is 11.3 Å². The number of para-hydroxylation sites is 1. The molecule has 0 saturated carbocycles. The van der Waals surface area contributed by atoms with Crippen molar-refractivity contribution in [2.45, 2.75) is 20.0 Å². The van der Waals surface area contributed by atoms with Crippen molar-refractivity contribution >= 4 is 32.5 Å². The smallest absolute Gasteiger partial charge is 0.283 e. The molecule has 0 aliphatic heterocycles. The van der Waals surface area contributed by atoms with Gasteiger partial charge in [0.05, 0.1) is 39.9 Å². The summed E-state index contributed by atoms with van der Waals surface area (Å²) < 4.78 is 6.09. The summed E-state index contributed by atoms with van der Waals surface area (Å²) in [4.78, 5) is 36.3. The van der Waals surface area contributed by atoms with Crippen molar-refractivity contribution in [3.05, 3.63) is 123 Å². The number of benzene rings is 2. The lowest BCUT2D eigenvalue weighted by Crippen LogP contribution is -2.24. The first kappa shape index (κ1) is 21.2. The summed E-state index contributed by atoms with van der Waals surface area (Å²) in [6.45, 7) is 2.55. The van der Waals surface area contributed by atoms with Crippen molar-refractivity contribution in [2.24, 2.45) is 0 Å². The fourth-order valence-corrected chi connectivity index (χ4v) is 5.42. The number of thiazole rings is 1. The van der Waals surface area contributed by atoms with Gasteiger partial charge in [-0.15, -0.1) is 0 Å². The van der Waals surface area contributed by atoms with E-state index in [0.29, 0.717) is 34.8 Å². The van der Waals surface area contributed by atoms with Crippen LogP contribution in [0.3, 0.4) is 0 Å². The Balaban J connectivity index is 1.62. The minimum Gasteiger partial charge on any atom is -0.306 e. The quantitative estimate of drug-likeness (QED) is 0.368. The minimum atomic E-state index is -0.192. The Kier molecular flexibility index (Phi) is 5.15. The van der Waals surface area contributed by atoms with Gasteiger partial charge in [0.2, 0.25) is 5.13 Å². The molecule has 0 unspecified atom stereocenters. The van der Waals surface area contributed by atoms with E-state index in [-0.39, 0.29) is 11.1 Å². The monoisotopic (exact) mass is 479 g/mol. The average Bonchev–Trinajstić information content (AvgIpc) is 3.41. The second kappa shape index (κ2) is 8.48. The second-order valence-electron chi connectivity index (χ2n) is 8.36. The highest BCUT2D eigenvalue weighted by Gasteiger charge is 2.22. The van der Waals surface area contributed by atoms with Crippen molar-refractivity contribution < 1.29 is 0 Å². The van der Waals surface area contributed by atoms with Gasteiger partial charge in [0.1, 0.15) is 0 Å². The van der Waals surface area contributed by atoms with Gasteiger partial charge in [0.25, 0.3) is 11.1 Å². The van der Waals surface area contributed by atoms with Crippen molar-refractivity contribution in [1.82, 2.24) is 23.9 Å². The van der Waals surface area contributed by atoms with E-state index >= 15 is 0 Å². The molecule has 6 aromatic rings. The average molecular weight is 480 g/mol. The van der Waals surface area contributed by atoms with Crippen LogP contribution in [0.25, 0.3) is 26.3 Å². The van der Waals surface area contributed by atoms with Gasteiger partial charge < -0.3 is 4.57 Å². The lowest BCUT2D eigenvalue weighted by atomic mass is 10.2. The van der Waals surface area contributed by atoms with E-state index in [9.17, 15) is 9.59 Å². The van der Waals surface area contributed by atoms with Crippen LogP contribution in [0.4, 0.5) is 0 Å². The highest BCUT2D eigenvalue weighted by atomic mass is 32.1. The molecule has 4 aromatic heterocycles. The largest absolute Gasteiger partial charge is 0.306 e. The van der Waals surface area contributed by atoms with Gasteiger partial charge in [-0.3, -0.25) is 19.3 Å². The number of rotatable bonds is 5. The molecule has 0 aliphatic rings. The molecule has 7 nitrogen and oxygen atoms in total. The summed E-state index contributed by atoms with van der Waals surface area (Å²) in [5, 5.41) is 1.09. The van der Waals surface area contributed by atoms with Crippen LogP contribution in [0.5, 0.6) is 0 Å². The van der Waals surface area contributed by atoms with Crippen LogP contribution < -0.4 is 11.1 Å². The lowest BCUT2D eigenvalue weighted by molar-refractivity contribution is 0.610. The molecule has 6 rings (SSSR count). The fourth-order valence-electron chi connectivity index (χ4n) is 4.45. The molecule has 0 amide bonds. The fraction of sp³-hybridized carbons (Fsp3) is 0.111. The van der Waals surface area contributed by atoms with Crippen molar-refractivity contribution in [2.75, 3.05) is 0 Å². The Hall–Kier alpha value is -4.30. The van der Waals surface area contributed by atoms with Gasteiger partial charge in [-0.2, -0.15) is 4.68 Å². The van der Waals surface area contributed by atoms with E-state index in [0.717, 1.165) is 21.5 Å². The van der Waals surface area contributed by atoms with E-state index in [1.807, 2.05) is 84.4 Å². The number of pyridine rings is 2. The molecule has 0 N–H and O–H groups in total. The van der Waals surface area contributed by atoms with Crippen molar-refractivity contribution in [3.63, 3.8) is 0 Å². The van der Waals surface area contributed by atoms with Crippen molar-refractivity contribution in [1.29, 1.82) is 0 Å². The van der Waals surface area contributed by atoms with E-state index in [1.165, 1.54) is 11.3 Å². The predicted molar refractivity (Wildman–Crippen MR) is 139 cm³/mol. The topological polar surface area (TPSA) is 74.7 Å². The maximum Gasteiger partial charge on any atom is 0.283 e. The molecule has 8 heteroatoms. The first-order valence-corrected chi connectivity index (χ1v) is 12.1. The molecule has 4 heterocycles. The Morgan fingerprint density at radius 1 is 0.886 bits per heavy atom. The Labute approximate surface area is 204 Å². The van der Waals surface area contributed by atoms with Crippen LogP contribution in [0.2, 0.25) is 0 Å². The number of aryl methyl sites for hydroxylation is 1. The van der Waals surface area contributed by atoms with Crippen LogP contribution in [-0.2, 0) is 13.1 Å². The molecule has 0 bridgehead atoms. The first-order valence-electron chi connectivity index (χ1n) is 11.3. The number of hydrogen-bond acceptors (Lipinski definition) is 5. The molecule has 0 radical (unpaired) electrons. The van der Waals surface area contributed by atoms with Gasteiger partial charge in [0.15, 0.2) is 0 Å². The zero-order chi connectivity index (χ0) is 23.9. The van der Waals surface area contributed by atoms with Crippen LogP contribution in [0.1, 0.15) is 17.0 Å². The van der Waals surface area contributed by atoms with Gasteiger partial charge in [0, 0.05) is 18.0 Å². The van der Waals surface area contributed by atoms with E-state index in [4.69, 9.17) is 4.98 Å². The summed E-state index contributed by atoms with van der Waals surface area (Å²) in [5.74, 6) is 0. The van der Waals surface area contributed by atoms with E-state index in [1.54, 1.807) is 21.5 Å². The maximum absolute atomic E-state index is 13.9. The molecule has 0 aliphatic carbocycles. The number of aromatic nitrogens is 5. The van der Waals surface area contributed by atoms with Gasteiger partial charge in [-0.1, -0.05) is 59.9 Å². The van der Waals surface area contributed by atoms with Crippen LogP contribution in [0, 0.1) is 6.92 Å². The summed E-state index contributed by atoms with van der Waals surface area (Å²) >= 11 is 1.46. The first-order chi connectivity index (χ1) is 17.1. The van der Waals surface area contributed by atoms with Crippen LogP contribution in [0.15, 0.2) is 94.6 Å². The standard InChI is InChI=1S/C27H21N5O2S/c1-18-25-22(15-24(33)30(18)17-20-11-7-8-14-28-20)31(16-19-9-3-2-4-10-19)32(26(25)34)27-29-21-12-5-6-13-23(21)35-27/h2-15H,16-17H2,1H3. The Morgan fingerprint density at radius 3 is 2.43 bits per heavy atom. The van der Waals surface area contributed by atoms with Crippen molar-refractivity contribution in [3.8, 4) is 5.13 Å². The Bertz CT molecular complexity index is 1760. The summed E-state index contributed by atoms with van der Waals surface area (Å²) in [6, 6.07) is 24.9. The zero-order valence-corrected chi connectivity index (χ0v) is 19.8. The van der Waals surface area contributed by atoms with Gasteiger partial charge in [-0.25, -0.2) is 4.98 Å². The molecule has 0 fully saturated rings. The summed E-state index contributed by atoms with van der Waals surface area (Å²) in [5.41, 5.74) is 3.46. The Morgan fingerprint density at radius 2 is 1.66 bits per heavy atom. The molecule has 2 aromatic carbocycles. The molecule has 35 heavy (non-hydrogen) atoms. The minimum absolute atomic E-state index is 0.177. The van der Waals surface area contributed by atoms with Gasteiger partial charge >= 0.3 is 0 Å². The molecule has 0 atom stereocenters. The maximum atomic E-state index is 13.9. The number of hydrogen-bond donors (Lipinski definition) is 0. The molecule has 172 valence electrons. The third kappa shape index (κ3) is 3.68. The second-order valence-corrected chi connectivity index (χ2v) is 9.37. The molecular formula is C27H21N5O2S. The summed E-state index contributed by atoms with van der Waals surface area (Å²) in [7, 11) is 0. The number of fused-ring (bicyclic) bond motifs is 2. The zero-order valence-electron chi connectivity index (χ0n) is 19.0. The highest BCUT2D eigenvalue weighted by Crippen LogP contribution is 2.26. The lowest BCUT2D eigenvalue weighted by Gasteiger charge is -2.12. The molecular weight excluding hydrogens is 458 g/mol. The third-order valence-corrected chi connectivity index (χ3v) is 7.17. The van der Waals surface area contributed by atoms with E-state index < -0.39 is 0 Å². The summed E-state index contributed by atoms with van der Waals surface area (Å²) in [6.07, 6.45) is 1.70. The normalized spacial score (nSPS) is 11.5.